The molecule has 8 heteroatoms. The van der Waals surface area contributed by atoms with Crippen LogP contribution in [0, 0.1) is 5.92 Å². The molecule has 2 aromatic rings. The Balaban J connectivity index is 1.58. The SMILES string of the molecule is NC(=O)[C@H]1CCCN(CC(=O)Nc2ccccc2C(=O)NCc2ccco2)C1. The van der Waals surface area contributed by atoms with Crippen LogP contribution in [0.5, 0.6) is 0 Å². The van der Waals surface area contributed by atoms with Gasteiger partial charge in [-0.15, -0.1) is 0 Å². The van der Waals surface area contributed by atoms with E-state index in [2.05, 4.69) is 10.6 Å². The topological polar surface area (TPSA) is 118 Å². The van der Waals surface area contributed by atoms with Gasteiger partial charge in [0.1, 0.15) is 5.76 Å². The Labute approximate surface area is 163 Å². The Hall–Kier alpha value is -3.13. The molecule has 1 aliphatic rings. The predicted molar refractivity (Wildman–Crippen MR) is 103 cm³/mol. The van der Waals surface area contributed by atoms with Gasteiger partial charge in [0.05, 0.1) is 36.5 Å². The normalized spacial score (nSPS) is 17.1. The number of carbonyl (C=O) groups is 3. The zero-order valence-electron chi connectivity index (χ0n) is 15.5. The number of piperidine rings is 1. The summed E-state index contributed by atoms with van der Waals surface area (Å²) in [5.74, 6) is -0.454. The molecule has 1 fully saturated rings. The number of primary amides is 1. The molecule has 0 aliphatic carbocycles. The van der Waals surface area contributed by atoms with Gasteiger partial charge in [0.15, 0.2) is 0 Å². The highest BCUT2D eigenvalue weighted by Crippen LogP contribution is 2.18. The van der Waals surface area contributed by atoms with Gasteiger partial charge in [-0.1, -0.05) is 12.1 Å². The largest absolute Gasteiger partial charge is 0.467 e. The number of anilines is 1. The number of benzene rings is 1. The van der Waals surface area contributed by atoms with Crippen molar-refractivity contribution in [3.63, 3.8) is 0 Å². The van der Waals surface area contributed by atoms with Gasteiger partial charge in [0, 0.05) is 6.54 Å². The molecule has 0 saturated carbocycles. The van der Waals surface area contributed by atoms with Crippen molar-refractivity contribution >= 4 is 23.4 Å². The number of nitrogens with one attached hydrogen (secondary N) is 2. The Morgan fingerprint density at radius 3 is 2.75 bits per heavy atom. The van der Waals surface area contributed by atoms with Crippen molar-refractivity contribution in [1.29, 1.82) is 0 Å². The summed E-state index contributed by atoms with van der Waals surface area (Å²) >= 11 is 0. The number of furan rings is 1. The van der Waals surface area contributed by atoms with Crippen molar-refractivity contribution in [3.8, 4) is 0 Å². The number of para-hydroxylation sites is 1. The number of nitrogens with zero attached hydrogens (tertiary/aromatic N) is 1. The maximum absolute atomic E-state index is 12.5. The molecule has 0 radical (unpaired) electrons. The average molecular weight is 384 g/mol. The van der Waals surface area contributed by atoms with Crippen LogP contribution < -0.4 is 16.4 Å². The summed E-state index contributed by atoms with van der Waals surface area (Å²) in [5, 5.41) is 5.56. The van der Waals surface area contributed by atoms with Gasteiger partial charge in [0.25, 0.3) is 5.91 Å². The van der Waals surface area contributed by atoms with E-state index in [-0.39, 0.29) is 36.7 Å². The van der Waals surface area contributed by atoms with Crippen LogP contribution in [0.1, 0.15) is 29.0 Å². The number of amides is 3. The van der Waals surface area contributed by atoms with Crippen LogP contribution in [0.15, 0.2) is 47.1 Å². The van der Waals surface area contributed by atoms with Gasteiger partial charge in [-0.3, -0.25) is 19.3 Å². The lowest BCUT2D eigenvalue weighted by Crippen LogP contribution is -2.44. The van der Waals surface area contributed by atoms with Gasteiger partial charge in [0.2, 0.25) is 11.8 Å². The number of rotatable bonds is 7. The van der Waals surface area contributed by atoms with Crippen molar-refractivity contribution in [2.45, 2.75) is 19.4 Å². The lowest BCUT2D eigenvalue weighted by Gasteiger charge is -2.30. The summed E-state index contributed by atoms with van der Waals surface area (Å²) in [7, 11) is 0. The Morgan fingerprint density at radius 2 is 2.00 bits per heavy atom. The van der Waals surface area contributed by atoms with E-state index in [4.69, 9.17) is 10.2 Å². The number of likely N-dealkylation sites (tertiary alicyclic amines) is 1. The van der Waals surface area contributed by atoms with Crippen LogP contribution in [-0.2, 0) is 16.1 Å². The van der Waals surface area contributed by atoms with E-state index < -0.39 is 0 Å². The van der Waals surface area contributed by atoms with E-state index in [9.17, 15) is 14.4 Å². The fourth-order valence-corrected chi connectivity index (χ4v) is 3.29. The van der Waals surface area contributed by atoms with Gasteiger partial charge in [-0.2, -0.15) is 0 Å². The highest BCUT2D eigenvalue weighted by molar-refractivity contribution is 6.04. The highest BCUT2D eigenvalue weighted by atomic mass is 16.3. The minimum absolute atomic E-state index is 0.145. The van der Waals surface area contributed by atoms with Gasteiger partial charge in [-0.05, 0) is 43.7 Å². The minimum atomic E-state index is -0.330. The first-order valence-corrected chi connectivity index (χ1v) is 9.24. The third kappa shape index (κ3) is 5.20. The van der Waals surface area contributed by atoms with Crippen molar-refractivity contribution in [2.75, 3.05) is 25.0 Å². The molecule has 0 unspecified atom stereocenters. The van der Waals surface area contributed by atoms with Gasteiger partial charge >= 0.3 is 0 Å². The first-order valence-electron chi connectivity index (χ1n) is 9.24. The lowest BCUT2D eigenvalue weighted by molar-refractivity contribution is -0.125. The number of carbonyl (C=O) groups excluding carboxylic acids is 3. The number of nitrogens with two attached hydrogens (primary N) is 1. The molecule has 2 heterocycles. The molecule has 4 N–H and O–H groups in total. The Bertz CT molecular complexity index is 834. The Morgan fingerprint density at radius 1 is 1.18 bits per heavy atom. The van der Waals surface area contributed by atoms with E-state index in [0.29, 0.717) is 23.6 Å². The van der Waals surface area contributed by atoms with Gasteiger partial charge in [-0.25, -0.2) is 0 Å². The van der Waals surface area contributed by atoms with Crippen LogP contribution >= 0.6 is 0 Å². The molecular formula is C20H24N4O4. The van der Waals surface area contributed by atoms with Crippen LogP contribution in [0.3, 0.4) is 0 Å². The van der Waals surface area contributed by atoms with Crippen LogP contribution in [0.4, 0.5) is 5.69 Å². The summed E-state index contributed by atoms with van der Waals surface area (Å²) in [4.78, 5) is 38.2. The third-order valence-corrected chi connectivity index (χ3v) is 4.72. The van der Waals surface area contributed by atoms with Crippen LogP contribution in [0.25, 0.3) is 0 Å². The average Bonchev–Trinajstić information content (AvgIpc) is 3.20. The van der Waals surface area contributed by atoms with Crippen molar-refractivity contribution in [3.05, 3.63) is 54.0 Å². The molecule has 1 aliphatic heterocycles. The van der Waals surface area contributed by atoms with Gasteiger partial charge < -0.3 is 20.8 Å². The lowest BCUT2D eigenvalue weighted by atomic mass is 9.97. The summed E-state index contributed by atoms with van der Waals surface area (Å²) < 4.78 is 5.20. The standard InChI is InChI=1S/C20H24N4O4/c21-19(26)14-5-3-9-24(12-14)13-18(25)23-17-8-2-1-7-16(17)20(27)22-11-15-6-4-10-28-15/h1-2,4,6-8,10,14H,3,5,9,11-13H2,(H2,21,26)(H,22,27)(H,23,25)/t14-/m0/s1. The Kier molecular flexibility index (Phi) is 6.44. The zero-order chi connectivity index (χ0) is 19.9. The molecule has 3 rings (SSSR count). The molecule has 1 aromatic carbocycles. The molecule has 28 heavy (non-hydrogen) atoms. The molecule has 1 atom stereocenters. The van der Waals surface area contributed by atoms with E-state index in [1.54, 1.807) is 42.7 Å². The van der Waals surface area contributed by atoms with Crippen molar-refractivity contribution in [1.82, 2.24) is 10.2 Å². The zero-order valence-corrected chi connectivity index (χ0v) is 15.5. The third-order valence-electron chi connectivity index (χ3n) is 4.72. The minimum Gasteiger partial charge on any atom is -0.467 e. The first-order chi connectivity index (χ1) is 13.5. The second kappa shape index (κ2) is 9.18. The van der Waals surface area contributed by atoms with Crippen LogP contribution in [-0.4, -0.2) is 42.3 Å². The quantitative estimate of drug-likeness (QED) is 0.666. The second-order valence-corrected chi connectivity index (χ2v) is 6.83. The highest BCUT2D eigenvalue weighted by Gasteiger charge is 2.25. The molecule has 1 saturated heterocycles. The van der Waals surface area contributed by atoms with Crippen LogP contribution in [0.2, 0.25) is 0 Å². The summed E-state index contributed by atoms with van der Waals surface area (Å²) in [6.07, 6.45) is 3.12. The van der Waals surface area contributed by atoms with Crippen molar-refractivity contribution < 1.29 is 18.8 Å². The molecule has 148 valence electrons. The smallest absolute Gasteiger partial charge is 0.253 e. The van der Waals surface area contributed by atoms with E-state index in [0.717, 1.165) is 19.4 Å². The summed E-state index contributed by atoms with van der Waals surface area (Å²) in [6.45, 7) is 1.62. The molecular weight excluding hydrogens is 360 g/mol. The molecule has 1 aromatic heterocycles. The molecule has 8 nitrogen and oxygen atoms in total. The summed E-state index contributed by atoms with van der Waals surface area (Å²) in [6, 6.07) is 10.3. The molecule has 0 bridgehead atoms. The first kappa shape index (κ1) is 19.6. The monoisotopic (exact) mass is 384 g/mol. The molecule has 3 amide bonds. The van der Waals surface area contributed by atoms with Crippen molar-refractivity contribution in [2.24, 2.45) is 11.7 Å². The van der Waals surface area contributed by atoms with E-state index in [1.165, 1.54) is 0 Å². The summed E-state index contributed by atoms with van der Waals surface area (Å²) in [5.41, 5.74) is 6.19. The fourth-order valence-electron chi connectivity index (χ4n) is 3.29. The second-order valence-electron chi connectivity index (χ2n) is 6.83. The maximum Gasteiger partial charge on any atom is 0.253 e. The molecule has 0 spiro atoms. The van der Waals surface area contributed by atoms with E-state index in [1.807, 2.05) is 4.90 Å². The predicted octanol–water partition coefficient (Wildman–Crippen LogP) is 1.35. The fraction of sp³-hybridized carbons (Fsp3) is 0.350. The van der Waals surface area contributed by atoms with E-state index >= 15 is 0 Å². The number of hydrogen-bond donors (Lipinski definition) is 3. The number of hydrogen-bond acceptors (Lipinski definition) is 5. The maximum atomic E-state index is 12.5.